The van der Waals surface area contributed by atoms with Gasteiger partial charge < -0.3 is 5.32 Å². The minimum atomic E-state index is -0.0831. The largest absolute Gasteiger partial charge is 0.309 e. The van der Waals surface area contributed by atoms with Gasteiger partial charge in [0, 0.05) is 6.92 Å². The van der Waals surface area contributed by atoms with Crippen molar-refractivity contribution < 1.29 is 4.79 Å². The van der Waals surface area contributed by atoms with E-state index in [9.17, 15) is 4.79 Å². The monoisotopic (exact) mass is 111 g/mol. The molecule has 0 atom stereocenters. The lowest BCUT2D eigenvalue weighted by molar-refractivity contribution is -0.111. The van der Waals surface area contributed by atoms with E-state index in [1.54, 1.807) is 7.05 Å². The second-order valence-corrected chi connectivity index (χ2v) is 1.39. The van der Waals surface area contributed by atoms with Crippen molar-refractivity contribution in [3.05, 3.63) is 0 Å². The zero-order valence-corrected chi connectivity index (χ0v) is 5.12. The predicted molar refractivity (Wildman–Crippen MR) is 32.4 cm³/mol. The van der Waals surface area contributed by atoms with Crippen molar-refractivity contribution >= 4 is 5.78 Å². The first-order valence-corrected chi connectivity index (χ1v) is 2.41. The molecule has 0 aliphatic rings. The van der Waals surface area contributed by atoms with Gasteiger partial charge >= 0.3 is 0 Å². The van der Waals surface area contributed by atoms with Crippen LogP contribution >= 0.6 is 0 Å². The number of hydrogen-bond acceptors (Lipinski definition) is 2. The van der Waals surface area contributed by atoms with Crippen molar-refractivity contribution in [2.75, 3.05) is 13.6 Å². The van der Waals surface area contributed by atoms with Gasteiger partial charge in [0.2, 0.25) is 5.78 Å². The molecule has 0 fully saturated rings. The zero-order chi connectivity index (χ0) is 6.41. The third-order valence-electron chi connectivity index (χ3n) is 0.530. The molecule has 0 saturated heterocycles. The van der Waals surface area contributed by atoms with Crippen LogP contribution in [0, 0.1) is 11.8 Å². The normalized spacial score (nSPS) is 7.25. The molecule has 0 heterocycles. The Morgan fingerprint density at radius 1 is 1.75 bits per heavy atom. The highest BCUT2D eigenvalue weighted by Gasteiger charge is 1.75. The molecule has 0 bridgehead atoms. The van der Waals surface area contributed by atoms with E-state index in [0.717, 1.165) is 0 Å². The lowest BCUT2D eigenvalue weighted by Gasteiger charge is -1.79. The maximum absolute atomic E-state index is 10.1. The molecule has 0 saturated carbocycles. The van der Waals surface area contributed by atoms with Crippen LogP contribution in [0.2, 0.25) is 0 Å². The molecule has 2 nitrogen and oxygen atoms in total. The second-order valence-electron chi connectivity index (χ2n) is 1.39. The van der Waals surface area contributed by atoms with Crippen molar-refractivity contribution in [2.24, 2.45) is 0 Å². The Kier molecular flexibility index (Phi) is 3.91. The van der Waals surface area contributed by atoms with E-state index in [4.69, 9.17) is 0 Å². The number of Topliss-reactive ketones (excluding diaryl/α,β-unsaturated/α-hetero) is 1. The first-order chi connectivity index (χ1) is 3.77. The maximum atomic E-state index is 10.1. The summed E-state index contributed by atoms with van der Waals surface area (Å²) in [4.78, 5) is 10.1. The average Bonchev–Trinajstić information content (AvgIpc) is 1.66. The van der Waals surface area contributed by atoms with Gasteiger partial charge in [-0.15, -0.1) is 0 Å². The molecule has 0 radical (unpaired) electrons. The molecule has 2 heteroatoms. The summed E-state index contributed by atoms with van der Waals surface area (Å²) in [5, 5.41) is 2.80. The first-order valence-electron chi connectivity index (χ1n) is 2.41. The Hall–Kier alpha value is -0.810. The lowest BCUT2D eigenvalue weighted by atomic mass is 10.4. The van der Waals surface area contributed by atoms with E-state index < -0.39 is 0 Å². The Morgan fingerprint density at radius 2 is 2.38 bits per heavy atom. The van der Waals surface area contributed by atoms with Crippen LogP contribution in [-0.4, -0.2) is 19.4 Å². The molecule has 1 N–H and O–H groups in total. The van der Waals surface area contributed by atoms with Crippen LogP contribution in [0.1, 0.15) is 6.92 Å². The SMILES string of the molecule is CNCC#CC(C)=O. The van der Waals surface area contributed by atoms with Crippen LogP contribution < -0.4 is 5.32 Å². The Balaban J connectivity index is 3.35. The molecule has 0 aromatic heterocycles. The Bertz CT molecular complexity index is 129. The summed E-state index contributed by atoms with van der Waals surface area (Å²) in [5.74, 6) is 4.94. The average molecular weight is 111 g/mol. The van der Waals surface area contributed by atoms with Gasteiger partial charge in [0.15, 0.2) is 0 Å². The fraction of sp³-hybridized carbons (Fsp3) is 0.500. The summed E-state index contributed by atoms with van der Waals surface area (Å²) in [5.41, 5.74) is 0. The van der Waals surface area contributed by atoms with Gasteiger partial charge in [0.25, 0.3) is 0 Å². The van der Waals surface area contributed by atoms with Gasteiger partial charge in [-0.05, 0) is 13.0 Å². The quantitative estimate of drug-likeness (QED) is 0.375. The van der Waals surface area contributed by atoms with Crippen molar-refractivity contribution in [2.45, 2.75) is 6.92 Å². The van der Waals surface area contributed by atoms with Crippen LogP contribution in [-0.2, 0) is 4.79 Å². The predicted octanol–water partition coefficient (Wildman–Crippen LogP) is -0.202. The molecule has 0 aliphatic heterocycles. The highest BCUT2D eigenvalue weighted by atomic mass is 16.1. The molecule has 0 unspecified atom stereocenters. The topological polar surface area (TPSA) is 29.1 Å². The molecular weight excluding hydrogens is 102 g/mol. The van der Waals surface area contributed by atoms with Crippen LogP contribution in [0.3, 0.4) is 0 Å². The highest BCUT2D eigenvalue weighted by molar-refractivity contribution is 5.93. The smallest absolute Gasteiger partial charge is 0.202 e. The highest BCUT2D eigenvalue weighted by Crippen LogP contribution is 1.59. The molecular formula is C6H9NO. The summed E-state index contributed by atoms with van der Waals surface area (Å²) in [7, 11) is 1.79. The number of rotatable bonds is 1. The van der Waals surface area contributed by atoms with Gasteiger partial charge in [-0.2, -0.15) is 0 Å². The molecule has 0 aromatic carbocycles. The van der Waals surface area contributed by atoms with Gasteiger partial charge in [-0.25, -0.2) is 0 Å². The van der Waals surface area contributed by atoms with Gasteiger partial charge in [0.05, 0.1) is 6.54 Å². The molecule has 0 amide bonds. The van der Waals surface area contributed by atoms with E-state index >= 15 is 0 Å². The second kappa shape index (κ2) is 4.35. The number of hydrogen-bond donors (Lipinski definition) is 1. The molecule has 0 spiro atoms. The number of carbonyl (C=O) groups excluding carboxylic acids is 1. The third kappa shape index (κ3) is 5.19. The minimum Gasteiger partial charge on any atom is -0.309 e. The van der Waals surface area contributed by atoms with Crippen LogP contribution in [0.15, 0.2) is 0 Å². The van der Waals surface area contributed by atoms with Crippen LogP contribution in [0.5, 0.6) is 0 Å². The summed E-state index contributed by atoms with van der Waals surface area (Å²) >= 11 is 0. The molecule has 8 heavy (non-hydrogen) atoms. The standard InChI is InChI=1S/C6H9NO/c1-6(8)4-3-5-7-2/h7H,5H2,1-2H3. The summed E-state index contributed by atoms with van der Waals surface area (Å²) in [6.07, 6.45) is 0. The van der Waals surface area contributed by atoms with Crippen molar-refractivity contribution in [3.63, 3.8) is 0 Å². The van der Waals surface area contributed by atoms with E-state index in [1.165, 1.54) is 6.92 Å². The Morgan fingerprint density at radius 3 is 2.75 bits per heavy atom. The number of nitrogens with one attached hydrogen (secondary N) is 1. The minimum absolute atomic E-state index is 0.0831. The molecule has 0 aromatic rings. The Labute approximate surface area is 49.3 Å². The van der Waals surface area contributed by atoms with E-state index in [1.807, 2.05) is 0 Å². The molecule has 44 valence electrons. The first kappa shape index (κ1) is 7.19. The fourth-order valence-corrected chi connectivity index (χ4v) is 0.257. The molecule has 0 aliphatic carbocycles. The van der Waals surface area contributed by atoms with Crippen LogP contribution in [0.25, 0.3) is 0 Å². The van der Waals surface area contributed by atoms with Crippen LogP contribution in [0.4, 0.5) is 0 Å². The molecule has 0 rings (SSSR count). The van der Waals surface area contributed by atoms with E-state index in [2.05, 4.69) is 17.2 Å². The maximum Gasteiger partial charge on any atom is 0.202 e. The van der Waals surface area contributed by atoms with Gasteiger partial charge in [0.1, 0.15) is 0 Å². The summed E-state index contributed by atoms with van der Waals surface area (Å²) < 4.78 is 0. The van der Waals surface area contributed by atoms with Gasteiger partial charge in [-0.1, -0.05) is 5.92 Å². The van der Waals surface area contributed by atoms with Crippen molar-refractivity contribution in [1.29, 1.82) is 0 Å². The zero-order valence-electron chi connectivity index (χ0n) is 5.12. The third-order valence-corrected chi connectivity index (χ3v) is 0.530. The summed E-state index contributed by atoms with van der Waals surface area (Å²) in [6, 6.07) is 0. The summed E-state index contributed by atoms with van der Waals surface area (Å²) in [6.45, 7) is 2.03. The van der Waals surface area contributed by atoms with E-state index in [-0.39, 0.29) is 5.78 Å². The van der Waals surface area contributed by atoms with E-state index in [0.29, 0.717) is 6.54 Å². The van der Waals surface area contributed by atoms with Crippen molar-refractivity contribution in [3.8, 4) is 11.8 Å². The van der Waals surface area contributed by atoms with Crippen molar-refractivity contribution in [1.82, 2.24) is 5.32 Å². The number of ketones is 1. The number of carbonyl (C=O) groups is 1. The lowest BCUT2D eigenvalue weighted by Crippen LogP contribution is -2.04. The van der Waals surface area contributed by atoms with Gasteiger partial charge in [-0.3, -0.25) is 4.79 Å². The fourth-order valence-electron chi connectivity index (χ4n) is 0.257.